The van der Waals surface area contributed by atoms with Gasteiger partial charge in [0.15, 0.2) is 17.5 Å². The van der Waals surface area contributed by atoms with Gasteiger partial charge in [-0.05, 0) is 111 Å². The third-order valence-electron chi connectivity index (χ3n) is 9.55. The maximum Gasteiger partial charge on any atom is 0.358 e. The highest BCUT2D eigenvalue weighted by molar-refractivity contribution is 5.69. The molecule has 5 rings (SSSR count). The summed E-state index contributed by atoms with van der Waals surface area (Å²) in [5, 5.41) is 0. The number of unbranched alkanes of at least 4 members (excludes halogenated alkanes) is 1. The van der Waals surface area contributed by atoms with Crippen LogP contribution in [-0.2, 0) is 9.47 Å². The molecule has 0 saturated heterocycles. The molecule has 0 N–H and O–H groups in total. The number of rotatable bonds is 11. The Labute approximate surface area is 273 Å². The standard InChI is InChI=1S/C37H37F9O2/c1-2-3-16-47-36(44)34(42)24-9-15-29(31(39)18-24)23-8-14-28(30(38)17-23)22-4-10-26(11-5-22)37(45,46)48-27-12-6-21(7-13-27)25-19-32(40)35(43)33(41)20-25/h8-9,14-15,17-22,26-27H,2-7,10-13,16H2,1H3. The summed E-state index contributed by atoms with van der Waals surface area (Å²) >= 11 is 0. The average Bonchev–Trinajstić information content (AvgIpc) is 3.07. The maximum atomic E-state index is 15.3. The van der Waals surface area contributed by atoms with Gasteiger partial charge in [0.25, 0.3) is 0 Å². The lowest BCUT2D eigenvalue weighted by Crippen LogP contribution is -2.38. The highest BCUT2D eigenvalue weighted by atomic mass is 19.3. The Bertz CT molecular complexity index is 1580. The summed E-state index contributed by atoms with van der Waals surface area (Å²) in [5.74, 6) is -8.65. The van der Waals surface area contributed by atoms with Crippen LogP contribution in [0.25, 0.3) is 17.0 Å². The molecule has 11 heteroatoms. The Morgan fingerprint density at radius 1 is 0.729 bits per heavy atom. The van der Waals surface area contributed by atoms with Crippen molar-refractivity contribution in [3.8, 4) is 11.1 Å². The molecule has 2 fully saturated rings. The van der Waals surface area contributed by atoms with Crippen molar-refractivity contribution in [2.24, 2.45) is 5.92 Å². The predicted octanol–water partition coefficient (Wildman–Crippen LogP) is 12.0. The van der Waals surface area contributed by atoms with E-state index < -0.39 is 59.1 Å². The molecule has 3 aromatic rings. The lowest BCUT2D eigenvalue weighted by Gasteiger charge is -2.37. The molecular weight excluding hydrogens is 647 g/mol. The van der Waals surface area contributed by atoms with Gasteiger partial charge in [0, 0.05) is 11.1 Å². The fraction of sp³-hybridized carbons (Fsp3) is 0.459. The topological polar surface area (TPSA) is 18.5 Å². The van der Waals surface area contributed by atoms with E-state index in [1.165, 1.54) is 24.3 Å². The molecule has 2 saturated carbocycles. The quantitative estimate of drug-likeness (QED) is 0.0866. The number of halogens is 9. The van der Waals surface area contributed by atoms with Crippen LogP contribution in [0.15, 0.2) is 54.5 Å². The molecule has 0 aliphatic heterocycles. The molecular formula is C37H37F9O2. The molecule has 0 aromatic heterocycles. The number of ether oxygens (including phenoxy) is 2. The van der Waals surface area contributed by atoms with E-state index in [4.69, 9.17) is 9.47 Å². The largest absolute Gasteiger partial charge is 0.469 e. The van der Waals surface area contributed by atoms with Crippen LogP contribution in [-0.4, -0.2) is 18.8 Å². The highest BCUT2D eigenvalue weighted by Gasteiger charge is 2.45. The zero-order valence-corrected chi connectivity index (χ0v) is 26.4. The van der Waals surface area contributed by atoms with Crippen LogP contribution in [0, 0.1) is 35.0 Å². The highest BCUT2D eigenvalue weighted by Crippen LogP contribution is 2.46. The van der Waals surface area contributed by atoms with Crippen molar-refractivity contribution >= 4 is 5.83 Å². The summed E-state index contributed by atoms with van der Waals surface area (Å²) in [4.78, 5) is 0. The van der Waals surface area contributed by atoms with E-state index in [1.807, 2.05) is 6.92 Å². The molecule has 0 spiro atoms. The van der Waals surface area contributed by atoms with Gasteiger partial charge in [0.05, 0.1) is 18.6 Å². The Morgan fingerprint density at radius 3 is 1.98 bits per heavy atom. The summed E-state index contributed by atoms with van der Waals surface area (Å²) < 4.78 is 140. The Balaban J connectivity index is 1.15. The van der Waals surface area contributed by atoms with E-state index in [-0.39, 0.29) is 73.7 Å². The molecule has 0 atom stereocenters. The van der Waals surface area contributed by atoms with Gasteiger partial charge in [0.2, 0.25) is 5.83 Å². The normalized spacial score (nSPS) is 22.4. The van der Waals surface area contributed by atoms with Crippen molar-refractivity contribution in [2.45, 2.75) is 95.2 Å². The summed E-state index contributed by atoms with van der Waals surface area (Å²) in [6, 6.07) is 7.80. The van der Waals surface area contributed by atoms with Crippen molar-refractivity contribution in [1.29, 1.82) is 0 Å². The fourth-order valence-corrected chi connectivity index (χ4v) is 6.78. The monoisotopic (exact) mass is 684 g/mol. The van der Waals surface area contributed by atoms with Gasteiger partial charge >= 0.3 is 12.1 Å². The smallest absolute Gasteiger partial charge is 0.358 e. The zero-order chi connectivity index (χ0) is 34.6. The lowest BCUT2D eigenvalue weighted by atomic mass is 9.77. The second-order valence-corrected chi connectivity index (χ2v) is 12.7. The van der Waals surface area contributed by atoms with Crippen molar-refractivity contribution in [3.05, 3.63) is 100 Å². The molecule has 2 aliphatic rings. The molecule has 2 nitrogen and oxygen atoms in total. The van der Waals surface area contributed by atoms with Crippen LogP contribution in [0.4, 0.5) is 39.5 Å². The predicted molar refractivity (Wildman–Crippen MR) is 164 cm³/mol. The van der Waals surface area contributed by atoms with Gasteiger partial charge < -0.3 is 9.47 Å². The van der Waals surface area contributed by atoms with Crippen molar-refractivity contribution in [2.75, 3.05) is 6.61 Å². The van der Waals surface area contributed by atoms with Gasteiger partial charge in [-0.3, -0.25) is 0 Å². The average molecular weight is 685 g/mol. The van der Waals surface area contributed by atoms with Crippen molar-refractivity contribution in [3.63, 3.8) is 0 Å². The summed E-state index contributed by atoms with van der Waals surface area (Å²) in [6.45, 7) is 1.84. The number of alkyl halides is 2. The fourth-order valence-electron chi connectivity index (χ4n) is 6.78. The Kier molecular flexibility index (Phi) is 11.5. The summed E-state index contributed by atoms with van der Waals surface area (Å²) in [6.07, 6.45) is -0.907. The molecule has 0 unspecified atom stereocenters. The van der Waals surface area contributed by atoms with Crippen LogP contribution in [0.3, 0.4) is 0 Å². The number of benzene rings is 3. The first-order valence-electron chi connectivity index (χ1n) is 16.4. The molecule has 48 heavy (non-hydrogen) atoms. The second kappa shape index (κ2) is 15.4. The van der Waals surface area contributed by atoms with Gasteiger partial charge in [-0.1, -0.05) is 37.6 Å². The van der Waals surface area contributed by atoms with Gasteiger partial charge in [-0.2, -0.15) is 17.6 Å². The summed E-state index contributed by atoms with van der Waals surface area (Å²) in [7, 11) is 0. The van der Waals surface area contributed by atoms with Gasteiger partial charge in [0.1, 0.15) is 11.6 Å². The first-order chi connectivity index (χ1) is 22.9. The number of hydrogen-bond donors (Lipinski definition) is 0. The molecule has 0 bridgehead atoms. The van der Waals surface area contributed by atoms with Crippen LogP contribution >= 0.6 is 0 Å². The maximum absolute atomic E-state index is 15.3. The van der Waals surface area contributed by atoms with E-state index in [2.05, 4.69) is 0 Å². The number of hydrogen-bond acceptors (Lipinski definition) is 2. The molecule has 0 radical (unpaired) electrons. The molecule has 3 aromatic carbocycles. The van der Waals surface area contributed by atoms with Crippen LogP contribution in [0.2, 0.25) is 0 Å². The minimum Gasteiger partial charge on any atom is -0.469 e. The Morgan fingerprint density at radius 2 is 1.38 bits per heavy atom. The molecule has 2 aliphatic carbocycles. The first kappa shape index (κ1) is 35.8. The zero-order valence-electron chi connectivity index (χ0n) is 26.4. The summed E-state index contributed by atoms with van der Waals surface area (Å²) in [5.41, 5.74) is 0.427. The van der Waals surface area contributed by atoms with E-state index in [0.717, 1.165) is 30.7 Å². The van der Waals surface area contributed by atoms with Crippen molar-refractivity contribution in [1.82, 2.24) is 0 Å². The third-order valence-corrected chi connectivity index (χ3v) is 9.55. The minimum atomic E-state index is -3.41. The lowest BCUT2D eigenvalue weighted by molar-refractivity contribution is -0.300. The van der Waals surface area contributed by atoms with Gasteiger partial charge in [-0.25, -0.2) is 22.0 Å². The third kappa shape index (κ3) is 8.21. The van der Waals surface area contributed by atoms with E-state index in [0.29, 0.717) is 30.4 Å². The minimum absolute atomic E-state index is 0.0165. The first-order valence-corrected chi connectivity index (χ1v) is 16.4. The van der Waals surface area contributed by atoms with E-state index >= 15 is 13.2 Å². The van der Waals surface area contributed by atoms with Gasteiger partial charge in [-0.15, -0.1) is 0 Å². The van der Waals surface area contributed by atoms with Crippen LogP contribution < -0.4 is 0 Å². The SMILES string of the molecule is CCCCOC(F)=C(F)c1ccc(-c2ccc(C3CCC(C(F)(F)OC4CCC(c5cc(F)c(F)c(F)c5)CC4)CC3)c(F)c2)c(F)c1. The van der Waals surface area contributed by atoms with E-state index in [1.54, 1.807) is 0 Å². The van der Waals surface area contributed by atoms with Crippen LogP contribution in [0.1, 0.15) is 99.7 Å². The molecule has 0 heterocycles. The molecule has 260 valence electrons. The molecule has 0 amide bonds. The van der Waals surface area contributed by atoms with E-state index in [9.17, 15) is 26.3 Å². The Hall–Kier alpha value is -3.47. The second-order valence-electron chi connectivity index (χ2n) is 12.7. The van der Waals surface area contributed by atoms with Crippen molar-refractivity contribution < 1.29 is 49.0 Å². The van der Waals surface area contributed by atoms with Crippen LogP contribution in [0.5, 0.6) is 0 Å².